The van der Waals surface area contributed by atoms with Gasteiger partial charge in [0.05, 0.1) is 64.8 Å². The number of ether oxygens (including phenoxy) is 2. The Morgan fingerprint density at radius 1 is 0.774 bits per heavy atom. The average molecular weight is 750 g/mol. The van der Waals surface area contributed by atoms with Gasteiger partial charge in [0.25, 0.3) is 0 Å². The highest BCUT2D eigenvalue weighted by atomic mass is 35.5. The predicted octanol–water partition coefficient (Wildman–Crippen LogP) is 5.76. The smallest absolute Gasteiger partial charge is 0.342 e. The SMILES string of the molecule is CCOC(=O)c1cn(Cc2cc(C#N)c3ncc(Cl)cc3c2)nc1C#N.CCOC(=O)c1cn[nH]c1C#N.N#Cc1cc(CO)cc2cc(Cl)cnc12. The number of hydrogen-bond acceptors (Lipinski definition) is 13. The number of aliphatic hydroxyl groups is 1. The average Bonchev–Trinajstić information content (AvgIpc) is 3.82. The lowest BCUT2D eigenvalue weighted by molar-refractivity contribution is 0.0516. The van der Waals surface area contributed by atoms with Gasteiger partial charge in [0, 0.05) is 29.4 Å². The van der Waals surface area contributed by atoms with Crippen LogP contribution in [-0.2, 0) is 22.6 Å². The number of aromatic nitrogens is 6. The van der Waals surface area contributed by atoms with Crippen molar-refractivity contribution in [3.8, 4) is 24.3 Å². The first-order valence-electron chi connectivity index (χ1n) is 15.4. The van der Waals surface area contributed by atoms with Crippen molar-refractivity contribution in [3.63, 3.8) is 0 Å². The maximum absolute atomic E-state index is 11.9. The van der Waals surface area contributed by atoms with E-state index < -0.39 is 11.9 Å². The molecule has 0 saturated carbocycles. The first-order chi connectivity index (χ1) is 25.6. The van der Waals surface area contributed by atoms with Crippen LogP contribution in [-0.4, -0.2) is 60.2 Å². The Kier molecular flexibility index (Phi) is 13.5. The van der Waals surface area contributed by atoms with Gasteiger partial charge in [-0.1, -0.05) is 23.2 Å². The molecule has 53 heavy (non-hydrogen) atoms. The number of H-pyrrole nitrogens is 1. The summed E-state index contributed by atoms with van der Waals surface area (Å²) < 4.78 is 11.1. The number of rotatable bonds is 7. The summed E-state index contributed by atoms with van der Waals surface area (Å²) in [6.07, 6.45) is 5.73. The zero-order chi connectivity index (χ0) is 38.5. The van der Waals surface area contributed by atoms with E-state index in [4.69, 9.17) is 48.8 Å². The van der Waals surface area contributed by atoms with E-state index in [1.165, 1.54) is 29.5 Å². The molecule has 0 spiro atoms. The number of hydrogen-bond donors (Lipinski definition) is 2. The molecular weight excluding hydrogens is 723 g/mol. The van der Waals surface area contributed by atoms with Crippen LogP contribution in [0, 0.1) is 45.3 Å². The van der Waals surface area contributed by atoms with Gasteiger partial charge in [-0.05, 0) is 61.4 Å². The Morgan fingerprint density at radius 3 is 1.83 bits per heavy atom. The van der Waals surface area contributed by atoms with E-state index in [1.807, 2.05) is 18.2 Å². The molecule has 0 unspecified atom stereocenters. The number of aromatic amines is 1. The van der Waals surface area contributed by atoms with Crippen LogP contribution in [0.4, 0.5) is 0 Å². The van der Waals surface area contributed by atoms with Crippen molar-refractivity contribution < 1.29 is 24.2 Å². The summed E-state index contributed by atoms with van der Waals surface area (Å²) in [5.41, 5.74) is 3.90. The molecule has 2 aromatic carbocycles. The van der Waals surface area contributed by atoms with E-state index in [0.717, 1.165) is 16.3 Å². The second-order valence-electron chi connectivity index (χ2n) is 10.5. The van der Waals surface area contributed by atoms with E-state index >= 15 is 0 Å². The lowest BCUT2D eigenvalue weighted by Crippen LogP contribution is -2.05. The number of carbonyl (C=O) groups is 2. The molecular formula is C36H26Cl2N10O5. The summed E-state index contributed by atoms with van der Waals surface area (Å²) in [6, 6.07) is 18.2. The second kappa shape index (κ2) is 18.4. The van der Waals surface area contributed by atoms with Crippen molar-refractivity contribution in [1.29, 1.82) is 21.0 Å². The summed E-state index contributed by atoms with van der Waals surface area (Å²) in [7, 11) is 0. The van der Waals surface area contributed by atoms with Crippen LogP contribution in [0.1, 0.15) is 68.2 Å². The minimum absolute atomic E-state index is 0.00513. The molecule has 0 saturated heterocycles. The summed E-state index contributed by atoms with van der Waals surface area (Å²) in [5.74, 6) is -1.12. The molecule has 264 valence electrons. The fraction of sp³-hybridized carbons (Fsp3) is 0.167. The van der Waals surface area contributed by atoms with Crippen molar-refractivity contribution in [3.05, 3.63) is 116 Å². The van der Waals surface area contributed by atoms with Gasteiger partial charge >= 0.3 is 11.9 Å². The highest BCUT2D eigenvalue weighted by molar-refractivity contribution is 6.31. The number of aliphatic hydroxyl groups excluding tert-OH is 1. The number of carbonyl (C=O) groups excluding carboxylic acids is 2. The van der Waals surface area contributed by atoms with Crippen molar-refractivity contribution in [1.82, 2.24) is 29.9 Å². The Bertz CT molecular complexity index is 2490. The largest absolute Gasteiger partial charge is 0.462 e. The van der Waals surface area contributed by atoms with Gasteiger partial charge in [0.2, 0.25) is 0 Å². The van der Waals surface area contributed by atoms with Crippen LogP contribution in [0.3, 0.4) is 0 Å². The number of pyridine rings is 2. The third-order valence-corrected chi connectivity index (χ3v) is 7.41. The third-order valence-electron chi connectivity index (χ3n) is 7.00. The quantitative estimate of drug-likeness (QED) is 0.185. The molecule has 6 aromatic rings. The minimum atomic E-state index is -0.595. The molecule has 0 radical (unpaired) electrons. The van der Waals surface area contributed by atoms with Gasteiger partial charge < -0.3 is 14.6 Å². The molecule has 0 atom stereocenters. The fourth-order valence-electron chi connectivity index (χ4n) is 4.79. The zero-order valence-electron chi connectivity index (χ0n) is 28.0. The van der Waals surface area contributed by atoms with Gasteiger partial charge in [-0.2, -0.15) is 31.2 Å². The lowest BCUT2D eigenvalue weighted by Gasteiger charge is -2.06. The van der Waals surface area contributed by atoms with Crippen molar-refractivity contribution in [2.45, 2.75) is 27.0 Å². The normalized spacial score (nSPS) is 9.98. The number of nitriles is 4. The molecule has 0 aliphatic heterocycles. The number of nitrogens with one attached hydrogen (secondary N) is 1. The summed E-state index contributed by atoms with van der Waals surface area (Å²) >= 11 is 11.8. The molecule has 15 nitrogen and oxygen atoms in total. The first kappa shape index (κ1) is 38.9. The number of nitrogens with zero attached hydrogens (tertiary/aromatic N) is 9. The molecule has 4 aromatic heterocycles. The van der Waals surface area contributed by atoms with Crippen LogP contribution < -0.4 is 0 Å². The third kappa shape index (κ3) is 9.67. The Hall–Kier alpha value is -6.88. The lowest BCUT2D eigenvalue weighted by atomic mass is 10.1. The van der Waals surface area contributed by atoms with Gasteiger partial charge in [-0.25, -0.2) is 9.59 Å². The summed E-state index contributed by atoms with van der Waals surface area (Å²) in [6.45, 7) is 4.05. The minimum Gasteiger partial charge on any atom is -0.462 e. The zero-order valence-corrected chi connectivity index (χ0v) is 29.5. The molecule has 2 N–H and O–H groups in total. The maximum atomic E-state index is 11.9. The van der Waals surface area contributed by atoms with Crippen LogP contribution in [0.2, 0.25) is 10.0 Å². The van der Waals surface area contributed by atoms with Crippen LogP contribution >= 0.6 is 23.2 Å². The molecule has 4 heterocycles. The monoisotopic (exact) mass is 748 g/mol. The Balaban J connectivity index is 0.000000196. The highest BCUT2D eigenvalue weighted by Gasteiger charge is 2.18. The molecule has 0 aliphatic rings. The van der Waals surface area contributed by atoms with E-state index in [9.17, 15) is 14.9 Å². The number of esters is 2. The molecule has 0 amide bonds. The fourth-order valence-corrected chi connectivity index (χ4v) is 5.12. The van der Waals surface area contributed by atoms with Crippen molar-refractivity contribution >= 4 is 56.9 Å². The standard InChI is InChI=1S/C18H12ClN5O2.C11H7ClN2O.C7H7N3O2/c1-2-26-18(25)15-10-24(23-16(15)7-21)9-11-3-12-5-14(19)8-22-17(12)13(4-11)6-20;12-10-3-8-1-7(6-15)2-9(4-13)11(8)14-5-10;1-2-12-7(11)5-4-9-10-6(5)3-8/h3-5,8,10H,2,9H2,1H3;1-3,5,15H,6H2;4H,2H2,1H3,(H,9,10). The highest BCUT2D eigenvalue weighted by Crippen LogP contribution is 2.24. The topological polar surface area (TPSA) is 240 Å². The van der Waals surface area contributed by atoms with E-state index in [1.54, 1.807) is 50.2 Å². The van der Waals surface area contributed by atoms with E-state index in [-0.39, 0.29) is 48.9 Å². The Morgan fingerprint density at radius 2 is 1.32 bits per heavy atom. The van der Waals surface area contributed by atoms with Crippen LogP contribution in [0.5, 0.6) is 0 Å². The van der Waals surface area contributed by atoms with Crippen molar-refractivity contribution in [2.75, 3.05) is 13.2 Å². The van der Waals surface area contributed by atoms with Gasteiger partial charge in [-0.15, -0.1) is 0 Å². The predicted molar refractivity (Wildman–Crippen MR) is 190 cm³/mol. The molecule has 0 fully saturated rings. The maximum Gasteiger partial charge on any atom is 0.342 e. The molecule has 0 bridgehead atoms. The second-order valence-corrected chi connectivity index (χ2v) is 11.4. The van der Waals surface area contributed by atoms with E-state index in [2.05, 4.69) is 36.1 Å². The number of halogens is 2. The summed E-state index contributed by atoms with van der Waals surface area (Å²) in [4.78, 5) is 31.2. The first-order valence-corrected chi connectivity index (χ1v) is 16.2. The Labute approximate surface area is 311 Å². The molecule has 0 aliphatic carbocycles. The van der Waals surface area contributed by atoms with Crippen molar-refractivity contribution in [2.24, 2.45) is 0 Å². The van der Waals surface area contributed by atoms with Gasteiger partial charge in [0.1, 0.15) is 41.1 Å². The van der Waals surface area contributed by atoms with Gasteiger partial charge in [-0.3, -0.25) is 19.7 Å². The molecule has 6 rings (SSSR count). The van der Waals surface area contributed by atoms with Gasteiger partial charge in [0.15, 0.2) is 5.69 Å². The number of benzene rings is 2. The van der Waals surface area contributed by atoms with E-state index in [0.29, 0.717) is 37.8 Å². The summed E-state index contributed by atoms with van der Waals surface area (Å²) in [5, 5.41) is 57.5. The number of fused-ring (bicyclic) bond motifs is 2. The van der Waals surface area contributed by atoms with Crippen LogP contribution in [0.15, 0.2) is 61.2 Å². The molecule has 17 heteroatoms. The van der Waals surface area contributed by atoms with Crippen LogP contribution in [0.25, 0.3) is 21.8 Å².